The van der Waals surface area contributed by atoms with Gasteiger partial charge in [-0.25, -0.2) is 0 Å². The van der Waals surface area contributed by atoms with Gasteiger partial charge >= 0.3 is 0 Å². The summed E-state index contributed by atoms with van der Waals surface area (Å²) >= 11 is 7.45. The molecule has 1 aromatic heterocycles. The molecule has 0 saturated carbocycles. The van der Waals surface area contributed by atoms with Gasteiger partial charge < -0.3 is 5.32 Å². The molecule has 0 aliphatic heterocycles. The molecule has 0 aliphatic rings. The molecular weight excluding hydrogens is 404 g/mol. The number of carbonyl (C=O) groups excluding carboxylic acids is 1. The maximum atomic E-state index is 12.2. The van der Waals surface area contributed by atoms with Crippen molar-refractivity contribution in [1.82, 2.24) is 20.1 Å². The quantitative estimate of drug-likeness (QED) is 0.499. The van der Waals surface area contributed by atoms with Crippen molar-refractivity contribution < 1.29 is 4.79 Å². The second kappa shape index (κ2) is 10.5. The van der Waals surface area contributed by atoms with Crippen molar-refractivity contribution in [2.24, 2.45) is 5.92 Å². The fraction of sp³-hybridized carbons (Fsp3) is 0.318. The molecule has 7 heteroatoms. The molecule has 1 amide bonds. The van der Waals surface area contributed by atoms with Gasteiger partial charge in [0.25, 0.3) is 0 Å². The summed E-state index contributed by atoms with van der Waals surface area (Å²) in [6, 6.07) is 17.7. The van der Waals surface area contributed by atoms with Gasteiger partial charge in [-0.15, -0.1) is 10.2 Å². The lowest BCUT2D eigenvalue weighted by molar-refractivity contribution is -0.118. The van der Waals surface area contributed by atoms with E-state index in [4.69, 9.17) is 11.6 Å². The largest absolute Gasteiger partial charge is 0.355 e. The average molecular weight is 429 g/mol. The smallest absolute Gasteiger partial charge is 0.230 e. The molecule has 0 radical (unpaired) electrons. The highest BCUT2D eigenvalue weighted by molar-refractivity contribution is 7.99. The van der Waals surface area contributed by atoms with Gasteiger partial charge in [-0.1, -0.05) is 67.5 Å². The normalized spacial score (nSPS) is 11.0. The number of rotatable bonds is 9. The van der Waals surface area contributed by atoms with Crippen molar-refractivity contribution in [3.8, 4) is 5.69 Å². The van der Waals surface area contributed by atoms with Crippen molar-refractivity contribution in [1.29, 1.82) is 0 Å². The first-order chi connectivity index (χ1) is 14.0. The number of thioether (sulfide) groups is 1. The van der Waals surface area contributed by atoms with Gasteiger partial charge in [0.05, 0.1) is 5.75 Å². The molecule has 0 atom stereocenters. The Morgan fingerprint density at radius 3 is 2.52 bits per heavy atom. The minimum absolute atomic E-state index is 0.00548. The molecule has 1 N–H and O–H groups in total. The lowest BCUT2D eigenvalue weighted by atomic mass is 10.1. The Kier molecular flexibility index (Phi) is 7.72. The first kappa shape index (κ1) is 21.4. The van der Waals surface area contributed by atoms with Crippen LogP contribution in [0.5, 0.6) is 0 Å². The van der Waals surface area contributed by atoms with Gasteiger partial charge in [-0.3, -0.25) is 9.36 Å². The lowest BCUT2D eigenvalue weighted by Crippen LogP contribution is -2.27. The van der Waals surface area contributed by atoms with Crippen LogP contribution in [0.25, 0.3) is 5.69 Å². The van der Waals surface area contributed by atoms with Gasteiger partial charge in [-0.05, 0) is 42.2 Å². The van der Waals surface area contributed by atoms with Crippen molar-refractivity contribution in [3.63, 3.8) is 0 Å². The molecule has 152 valence electrons. The van der Waals surface area contributed by atoms with E-state index in [2.05, 4.69) is 41.5 Å². The van der Waals surface area contributed by atoms with E-state index in [1.807, 2.05) is 47.0 Å². The predicted molar refractivity (Wildman–Crippen MR) is 119 cm³/mol. The van der Waals surface area contributed by atoms with Crippen LogP contribution in [0.1, 0.15) is 31.7 Å². The summed E-state index contributed by atoms with van der Waals surface area (Å²) < 4.78 is 2.00. The summed E-state index contributed by atoms with van der Waals surface area (Å²) in [5.74, 6) is 1.69. The molecule has 3 aromatic rings. The molecule has 0 unspecified atom stereocenters. The van der Waals surface area contributed by atoms with Crippen LogP contribution < -0.4 is 5.32 Å². The molecule has 0 saturated heterocycles. The van der Waals surface area contributed by atoms with Crippen molar-refractivity contribution in [2.75, 3.05) is 12.3 Å². The Balaban J connectivity index is 1.77. The summed E-state index contributed by atoms with van der Waals surface area (Å²) in [6.07, 6.45) is 1.62. The average Bonchev–Trinajstić information content (AvgIpc) is 3.10. The van der Waals surface area contributed by atoms with E-state index in [9.17, 15) is 4.79 Å². The summed E-state index contributed by atoms with van der Waals surface area (Å²) in [4.78, 5) is 12.2. The van der Waals surface area contributed by atoms with E-state index in [1.165, 1.54) is 11.8 Å². The summed E-state index contributed by atoms with van der Waals surface area (Å²) in [6.45, 7) is 4.98. The standard InChI is InChI=1S/C22H25ClN4OS/c1-16(2)12-13-24-21(28)15-29-22-26-25-20(14-17-6-4-3-5-7-17)27(22)19-10-8-18(23)9-11-19/h3-11,16H,12-15H2,1-2H3,(H,24,28). The zero-order valence-corrected chi connectivity index (χ0v) is 18.2. The van der Waals surface area contributed by atoms with Crippen LogP contribution in [-0.4, -0.2) is 33.0 Å². The van der Waals surface area contributed by atoms with Crippen LogP contribution in [0.15, 0.2) is 59.8 Å². The fourth-order valence-corrected chi connectivity index (χ4v) is 3.74. The summed E-state index contributed by atoms with van der Waals surface area (Å²) in [7, 11) is 0. The zero-order chi connectivity index (χ0) is 20.6. The molecule has 3 rings (SSSR count). The molecule has 1 heterocycles. The molecule has 29 heavy (non-hydrogen) atoms. The third kappa shape index (κ3) is 6.34. The van der Waals surface area contributed by atoms with Crippen LogP contribution in [0.4, 0.5) is 0 Å². The molecule has 0 aliphatic carbocycles. The monoisotopic (exact) mass is 428 g/mol. The molecule has 0 spiro atoms. The van der Waals surface area contributed by atoms with Gasteiger partial charge in [0, 0.05) is 23.7 Å². The minimum Gasteiger partial charge on any atom is -0.355 e. The lowest BCUT2D eigenvalue weighted by Gasteiger charge is -2.11. The number of hydrogen-bond donors (Lipinski definition) is 1. The van der Waals surface area contributed by atoms with Gasteiger partial charge in [0.15, 0.2) is 5.16 Å². The molecular formula is C22H25ClN4OS. The fourth-order valence-electron chi connectivity index (χ4n) is 2.82. The van der Waals surface area contributed by atoms with Gasteiger partial charge in [0.2, 0.25) is 5.91 Å². The molecule has 2 aromatic carbocycles. The maximum Gasteiger partial charge on any atom is 0.230 e. The topological polar surface area (TPSA) is 59.8 Å². The molecule has 5 nitrogen and oxygen atoms in total. The van der Waals surface area contributed by atoms with Crippen LogP contribution >= 0.6 is 23.4 Å². The maximum absolute atomic E-state index is 12.2. The number of nitrogens with one attached hydrogen (secondary N) is 1. The SMILES string of the molecule is CC(C)CCNC(=O)CSc1nnc(Cc2ccccc2)n1-c1ccc(Cl)cc1. The van der Waals surface area contributed by atoms with E-state index in [1.54, 1.807) is 0 Å². The Morgan fingerprint density at radius 1 is 1.10 bits per heavy atom. The molecule has 0 bridgehead atoms. The zero-order valence-electron chi connectivity index (χ0n) is 16.6. The first-order valence-corrected chi connectivity index (χ1v) is 11.0. The van der Waals surface area contributed by atoms with Gasteiger partial charge in [-0.2, -0.15) is 0 Å². The van der Waals surface area contributed by atoms with Gasteiger partial charge in [0.1, 0.15) is 5.82 Å². The van der Waals surface area contributed by atoms with Crippen LogP contribution in [-0.2, 0) is 11.2 Å². The van der Waals surface area contributed by atoms with E-state index >= 15 is 0 Å². The van der Waals surface area contributed by atoms with Crippen molar-refractivity contribution >= 4 is 29.3 Å². The second-order valence-electron chi connectivity index (χ2n) is 7.19. The molecule has 0 fully saturated rings. The third-order valence-electron chi connectivity index (χ3n) is 4.37. The van der Waals surface area contributed by atoms with Crippen molar-refractivity contribution in [3.05, 3.63) is 71.0 Å². The Bertz CT molecular complexity index is 926. The highest BCUT2D eigenvalue weighted by Gasteiger charge is 2.16. The van der Waals surface area contributed by atoms with E-state index < -0.39 is 0 Å². The van der Waals surface area contributed by atoms with E-state index in [-0.39, 0.29) is 5.91 Å². The second-order valence-corrected chi connectivity index (χ2v) is 8.57. The summed E-state index contributed by atoms with van der Waals surface area (Å²) in [5.41, 5.74) is 2.08. The van der Waals surface area contributed by atoms with Crippen LogP contribution in [0.3, 0.4) is 0 Å². The predicted octanol–water partition coefficient (Wildman–Crippen LogP) is 4.77. The Hall–Kier alpha value is -2.31. The van der Waals surface area contributed by atoms with E-state index in [0.29, 0.717) is 34.8 Å². The van der Waals surface area contributed by atoms with E-state index in [0.717, 1.165) is 23.5 Å². The number of hydrogen-bond acceptors (Lipinski definition) is 4. The van der Waals surface area contributed by atoms with Crippen LogP contribution in [0.2, 0.25) is 5.02 Å². The number of halogens is 1. The Morgan fingerprint density at radius 2 is 1.83 bits per heavy atom. The number of nitrogens with zero attached hydrogens (tertiary/aromatic N) is 3. The van der Waals surface area contributed by atoms with Crippen molar-refractivity contribution in [2.45, 2.75) is 31.8 Å². The minimum atomic E-state index is 0.00548. The number of amides is 1. The first-order valence-electron chi connectivity index (χ1n) is 9.66. The highest BCUT2D eigenvalue weighted by atomic mass is 35.5. The highest BCUT2D eigenvalue weighted by Crippen LogP contribution is 2.24. The number of carbonyl (C=O) groups is 1. The summed E-state index contributed by atoms with van der Waals surface area (Å²) in [5, 5.41) is 13.1. The Labute approximate surface area is 180 Å². The number of benzene rings is 2. The number of aromatic nitrogens is 3. The van der Waals surface area contributed by atoms with Crippen LogP contribution in [0, 0.1) is 5.92 Å². The third-order valence-corrected chi connectivity index (χ3v) is 5.55.